The Morgan fingerprint density at radius 1 is 1.05 bits per heavy atom. The van der Waals surface area contributed by atoms with Crippen LogP contribution < -0.4 is 11.1 Å². The first-order valence-electron chi connectivity index (χ1n) is 12.2. The van der Waals surface area contributed by atoms with Crippen LogP contribution in [0, 0.1) is 11.6 Å². The first-order chi connectivity index (χ1) is 18.2. The maximum Gasteiger partial charge on any atom is 0.357 e. The summed E-state index contributed by atoms with van der Waals surface area (Å²) in [5, 5.41) is 14.5. The van der Waals surface area contributed by atoms with Crippen LogP contribution in [0.15, 0.2) is 66.7 Å². The summed E-state index contributed by atoms with van der Waals surface area (Å²) in [6.45, 7) is 2.75. The molecule has 0 aliphatic heterocycles. The zero-order valence-corrected chi connectivity index (χ0v) is 21.5. The SMILES string of the molecule is CCc1cccc(CNC[C@@H](OC(=O)c2cc(O)c3cc(Cl)ccc3n2)[C@@H](N)Cc2cc(F)cc(F)c2)c1. The van der Waals surface area contributed by atoms with E-state index in [4.69, 9.17) is 22.1 Å². The van der Waals surface area contributed by atoms with Gasteiger partial charge in [0.25, 0.3) is 0 Å². The van der Waals surface area contributed by atoms with Gasteiger partial charge in [-0.3, -0.25) is 0 Å². The molecule has 0 aliphatic carbocycles. The van der Waals surface area contributed by atoms with Crippen molar-refractivity contribution in [1.29, 1.82) is 0 Å². The van der Waals surface area contributed by atoms with E-state index < -0.39 is 29.7 Å². The molecular weight excluding hydrogens is 512 g/mol. The second kappa shape index (κ2) is 12.3. The van der Waals surface area contributed by atoms with Gasteiger partial charge >= 0.3 is 5.97 Å². The van der Waals surface area contributed by atoms with Crippen molar-refractivity contribution in [3.05, 3.63) is 106 Å². The first kappa shape index (κ1) is 27.4. The van der Waals surface area contributed by atoms with E-state index in [1.165, 1.54) is 23.8 Å². The van der Waals surface area contributed by atoms with Crippen molar-refractivity contribution in [3.63, 3.8) is 0 Å². The molecule has 6 nitrogen and oxygen atoms in total. The second-order valence-electron chi connectivity index (χ2n) is 9.08. The fraction of sp³-hybridized carbons (Fsp3) is 0.241. The molecule has 0 unspecified atom stereocenters. The lowest BCUT2D eigenvalue weighted by Crippen LogP contribution is -2.46. The number of aryl methyl sites for hydroxylation is 1. The number of ether oxygens (including phenoxy) is 1. The van der Waals surface area contributed by atoms with Gasteiger partial charge in [0.2, 0.25) is 0 Å². The fourth-order valence-corrected chi connectivity index (χ4v) is 4.39. The Morgan fingerprint density at radius 2 is 1.79 bits per heavy atom. The van der Waals surface area contributed by atoms with Crippen molar-refractivity contribution in [2.75, 3.05) is 6.54 Å². The smallest absolute Gasteiger partial charge is 0.357 e. The molecule has 2 atom stereocenters. The minimum Gasteiger partial charge on any atom is -0.507 e. The van der Waals surface area contributed by atoms with Gasteiger partial charge in [-0.25, -0.2) is 18.6 Å². The Bertz CT molecular complexity index is 1430. The van der Waals surface area contributed by atoms with Crippen LogP contribution in [0.1, 0.15) is 34.1 Å². The molecule has 1 heterocycles. The summed E-state index contributed by atoms with van der Waals surface area (Å²) >= 11 is 5.99. The highest BCUT2D eigenvalue weighted by Crippen LogP contribution is 2.27. The van der Waals surface area contributed by atoms with Gasteiger partial charge in [0.1, 0.15) is 23.5 Å². The van der Waals surface area contributed by atoms with Crippen LogP contribution in [0.25, 0.3) is 10.9 Å². The van der Waals surface area contributed by atoms with Gasteiger partial charge in [-0.2, -0.15) is 0 Å². The topological polar surface area (TPSA) is 97.5 Å². The maximum atomic E-state index is 13.7. The predicted molar refractivity (Wildman–Crippen MR) is 143 cm³/mol. The largest absolute Gasteiger partial charge is 0.507 e. The lowest BCUT2D eigenvalue weighted by atomic mass is 10.0. The number of carbonyl (C=O) groups is 1. The van der Waals surface area contributed by atoms with Crippen LogP contribution in [0.3, 0.4) is 0 Å². The maximum absolute atomic E-state index is 13.7. The molecule has 4 N–H and O–H groups in total. The van der Waals surface area contributed by atoms with Gasteiger partial charge in [0, 0.05) is 41.7 Å². The minimum absolute atomic E-state index is 0.0640. The minimum atomic E-state index is -0.868. The molecule has 0 fully saturated rings. The van der Waals surface area contributed by atoms with Crippen LogP contribution in [-0.4, -0.2) is 34.8 Å². The number of nitrogens with two attached hydrogens (primary N) is 1. The molecule has 1 aromatic heterocycles. The number of rotatable bonds is 10. The van der Waals surface area contributed by atoms with Crippen molar-refractivity contribution in [2.24, 2.45) is 5.73 Å². The molecule has 3 aromatic carbocycles. The third kappa shape index (κ3) is 7.04. The normalized spacial score (nSPS) is 12.9. The van der Waals surface area contributed by atoms with E-state index in [0.717, 1.165) is 18.1 Å². The van der Waals surface area contributed by atoms with Gasteiger partial charge < -0.3 is 20.9 Å². The zero-order valence-electron chi connectivity index (χ0n) is 20.8. The molecule has 0 radical (unpaired) electrons. The fourth-order valence-electron chi connectivity index (χ4n) is 4.21. The lowest BCUT2D eigenvalue weighted by Gasteiger charge is -2.25. The van der Waals surface area contributed by atoms with E-state index in [9.17, 15) is 18.7 Å². The number of nitrogens with one attached hydrogen (secondary N) is 1. The summed E-state index contributed by atoms with van der Waals surface area (Å²) < 4.78 is 33.2. The Balaban J connectivity index is 1.53. The number of fused-ring (bicyclic) bond motifs is 1. The zero-order chi connectivity index (χ0) is 27.2. The molecule has 38 heavy (non-hydrogen) atoms. The molecule has 4 aromatic rings. The average molecular weight is 540 g/mol. The van der Waals surface area contributed by atoms with Crippen molar-refractivity contribution in [3.8, 4) is 5.75 Å². The molecule has 0 spiro atoms. The summed E-state index contributed by atoms with van der Waals surface area (Å²) in [5.41, 5.74) is 9.23. The van der Waals surface area contributed by atoms with Gasteiger partial charge in [0.15, 0.2) is 5.69 Å². The van der Waals surface area contributed by atoms with Crippen LogP contribution >= 0.6 is 11.6 Å². The Labute approximate surface area is 224 Å². The van der Waals surface area contributed by atoms with E-state index in [1.54, 1.807) is 18.2 Å². The molecule has 9 heteroatoms. The van der Waals surface area contributed by atoms with Crippen molar-refractivity contribution >= 4 is 28.5 Å². The van der Waals surface area contributed by atoms with Crippen LogP contribution in [0.2, 0.25) is 5.02 Å². The van der Waals surface area contributed by atoms with E-state index >= 15 is 0 Å². The lowest BCUT2D eigenvalue weighted by molar-refractivity contribution is 0.0231. The number of hydrogen-bond donors (Lipinski definition) is 3. The van der Waals surface area contributed by atoms with Crippen molar-refractivity contribution in [1.82, 2.24) is 10.3 Å². The number of hydrogen-bond acceptors (Lipinski definition) is 6. The number of carbonyl (C=O) groups excluding carboxylic acids is 1. The molecule has 0 saturated heterocycles. The molecule has 0 aliphatic rings. The summed E-state index contributed by atoms with van der Waals surface area (Å²) in [4.78, 5) is 17.4. The Morgan fingerprint density at radius 3 is 2.53 bits per heavy atom. The molecule has 0 bridgehead atoms. The number of aromatic hydroxyl groups is 1. The summed E-state index contributed by atoms with van der Waals surface area (Å²) in [6, 6.07) is 16.4. The number of nitrogens with zero attached hydrogens (tertiary/aromatic N) is 1. The average Bonchev–Trinajstić information content (AvgIpc) is 2.87. The standard InChI is InChI=1S/C29H28ClF2N3O3/c1-2-17-4-3-5-18(8-17)15-34-16-28(24(33)11-19-9-21(31)13-22(32)10-19)38-29(37)26-14-27(36)23-12-20(30)6-7-25(23)35-26/h3-10,12-14,24,28,34H,2,11,15-16,33H2,1H3,(H,35,36)/t24-,28+/m0/s1. The van der Waals surface area contributed by atoms with Gasteiger partial charge in [-0.15, -0.1) is 0 Å². The van der Waals surface area contributed by atoms with Crippen LogP contribution in [-0.2, 0) is 24.1 Å². The third-order valence-corrected chi connectivity index (χ3v) is 6.40. The highest BCUT2D eigenvalue weighted by atomic mass is 35.5. The number of halogens is 3. The van der Waals surface area contributed by atoms with Crippen molar-refractivity contribution < 1.29 is 23.4 Å². The highest BCUT2D eigenvalue weighted by molar-refractivity contribution is 6.31. The quantitative estimate of drug-likeness (QED) is 0.236. The molecule has 4 rings (SSSR count). The van der Waals surface area contributed by atoms with E-state index in [1.807, 2.05) is 18.2 Å². The Kier molecular flexibility index (Phi) is 8.89. The summed E-state index contributed by atoms with van der Waals surface area (Å²) in [7, 11) is 0. The third-order valence-electron chi connectivity index (χ3n) is 6.16. The number of benzene rings is 3. The van der Waals surface area contributed by atoms with Crippen LogP contribution in [0.5, 0.6) is 5.75 Å². The summed E-state index contributed by atoms with van der Waals surface area (Å²) in [6.07, 6.45) is 0.100. The van der Waals surface area contributed by atoms with Crippen LogP contribution in [0.4, 0.5) is 8.78 Å². The summed E-state index contributed by atoms with van der Waals surface area (Å²) in [5.74, 6) is -2.40. The molecule has 0 amide bonds. The number of aromatic nitrogens is 1. The molecule has 198 valence electrons. The second-order valence-corrected chi connectivity index (χ2v) is 9.52. The predicted octanol–water partition coefficient (Wildman–Crippen LogP) is 5.32. The number of esters is 1. The van der Waals surface area contributed by atoms with Crippen molar-refractivity contribution in [2.45, 2.75) is 38.5 Å². The molecular formula is C29H28ClF2N3O3. The first-order valence-corrected chi connectivity index (χ1v) is 12.6. The molecule has 0 saturated carbocycles. The number of pyridine rings is 1. The van der Waals surface area contributed by atoms with E-state index in [0.29, 0.717) is 28.0 Å². The van der Waals surface area contributed by atoms with E-state index in [-0.39, 0.29) is 24.4 Å². The van der Waals surface area contributed by atoms with Gasteiger partial charge in [-0.05, 0) is 59.9 Å². The van der Waals surface area contributed by atoms with E-state index in [2.05, 4.69) is 23.3 Å². The Hall–Kier alpha value is -3.59. The van der Waals surface area contributed by atoms with Gasteiger partial charge in [0.05, 0.1) is 5.52 Å². The monoisotopic (exact) mass is 539 g/mol. The highest BCUT2D eigenvalue weighted by Gasteiger charge is 2.25. The van der Waals surface area contributed by atoms with Gasteiger partial charge in [-0.1, -0.05) is 42.8 Å².